The topological polar surface area (TPSA) is 156 Å². The van der Waals surface area contributed by atoms with Gasteiger partial charge in [0.15, 0.2) is 5.58 Å². The summed E-state index contributed by atoms with van der Waals surface area (Å²) in [7, 11) is 1.59. The second-order valence-electron chi connectivity index (χ2n) is 9.38. The highest BCUT2D eigenvalue weighted by Crippen LogP contribution is 2.26. The number of nitrogens with zero attached hydrogens (tertiary/aromatic N) is 2. The lowest BCUT2D eigenvalue weighted by Gasteiger charge is -2.18. The number of oxazole rings is 1. The molecule has 11 heteroatoms. The Bertz CT molecular complexity index is 1720. The molecule has 11 nitrogen and oxygen atoms in total. The molecule has 1 atom stereocenters. The van der Waals surface area contributed by atoms with E-state index >= 15 is 0 Å². The van der Waals surface area contributed by atoms with Crippen molar-refractivity contribution in [2.24, 2.45) is 0 Å². The summed E-state index contributed by atoms with van der Waals surface area (Å²) in [5.74, 6) is -1.01. The van der Waals surface area contributed by atoms with Gasteiger partial charge in [0.1, 0.15) is 11.3 Å². The molecule has 0 bridgehead atoms. The maximum absolute atomic E-state index is 12.8. The Morgan fingerprint density at radius 2 is 1.74 bits per heavy atom. The van der Waals surface area contributed by atoms with Crippen LogP contribution in [0, 0.1) is 0 Å². The van der Waals surface area contributed by atoms with Crippen molar-refractivity contribution in [3.63, 3.8) is 0 Å². The number of ether oxygens (including phenoxy) is 1. The molecule has 0 saturated heterocycles. The Morgan fingerprint density at radius 3 is 2.48 bits per heavy atom. The SMILES string of the molecule is COc1cccc(Nc2nc3ccc(CC(=O)Nc4ccc([C@H](CC(=O)O)NC(=O)c5ccncc5)cc4)cc3o2)c1. The van der Waals surface area contributed by atoms with Crippen molar-refractivity contribution < 1.29 is 28.6 Å². The standard InChI is InChI=1S/C31H27N5O6/c1-41-24-4-2-3-23(17-24)34-31-36-25-10-5-19(15-27(25)42-31)16-28(37)33-22-8-6-20(7-9-22)26(18-29(38)39)35-30(40)21-11-13-32-14-12-21/h2-15,17,26H,16,18H2,1H3,(H,33,37)(H,34,36)(H,35,40)(H,38,39)/t26-/m0/s1. The van der Waals surface area contributed by atoms with Gasteiger partial charge in [0.25, 0.3) is 11.9 Å². The van der Waals surface area contributed by atoms with Gasteiger partial charge >= 0.3 is 5.97 Å². The first-order valence-electron chi connectivity index (χ1n) is 13.0. The number of hydrogen-bond donors (Lipinski definition) is 4. The van der Waals surface area contributed by atoms with Gasteiger partial charge < -0.3 is 30.2 Å². The first-order chi connectivity index (χ1) is 20.4. The van der Waals surface area contributed by atoms with E-state index in [1.54, 1.807) is 55.6 Å². The van der Waals surface area contributed by atoms with Crippen LogP contribution >= 0.6 is 0 Å². The number of methoxy groups -OCH3 is 1. The van der Waals surface area contributed by atoms with Crippen molar-refractivity contribution in [1.29, 1.82) is 0 Å². The summed E-state index contributed by atoms with van der Waals surface area (Å²) < 4.78 is 11.1. The minimum atomic E-state index is -1.06. The van der Waals surface area contributed by atoms with Crippen LogP contribution in [0.15, 0.2) is 95.7 Å². The number of aromatic nitrogens is 2. The molecule has 0 radical (unpaired) electrons. The lowest BCUT2D eigenvalue weighted by atomic mass is 10.0. The zero-order valence-electron chi connectivity index (χ0n) is 22.5. The number of aliphatic carboxylic acids is 1. The molecule has 2 aromatic heterocycles. The predicted molar refractivity (Wildman–Crippen MR) is 156 cm³/mol. The van der Waals surface area contributed by atoms with Crippen LogP contribution in [0.3, 0.4) is 0 Å². The number of rotatable bonds is 11. The zero-order valence-corrected chi connectivity index (χ0v) is 22.5. The Kier molecular flexibility index (Phi) is 8.38. The first-order valence-corrected chi connectivity index (χ1v) is 13.0. The highest BCUT2D eigenvalue weighted by molar-refractivity contribution is 5.95. The quantitative estimate of drug-likeness (QED) is 0.171. The molecule has 0 unspecified atom stereocenters. The number of fused-ring (bicyclic) bond motifs is 1. The van der Waals surface area contributed by atoms with Gasteiger partial charge in [-0.1, -0.05) is 24.3 Å². The van der Waals surface area contributed by atoms with Crippen molar-refractivity contribution in [2.45, 2.75) is 18.9 Å². The molecule has 0 fully saturated rings. The maximum atomic E-state index is 12.8. The molecule has 2 amide bonds. The van der Waals surface area contributed by atoms with Gasteiger partial charge in [-0.2, -0.15) is 4.98 Å². The van der Waals surface area contributed by atoms with Crippen LogP contribution in [0.1, 0.15) is 33.9 Å². The number of pyridine rings is 1. The number of hydrogen-bond acceptors (Lipinski definition) is 8. The van der Waals surface area contributed by atoms with E-state index < -0.39 is 17.9 Å². The van der Waals surface area contributed by atoms with E-state index in [9.17, 15) is 19.5 Å². The van der Waals surface area contributed by atoms with E-state index in [0.29, 0.717) is 39.7 Å². The van der Waals surface area contributed by atoms with Gasteiger partial charge in [-0.15, -0.1) is 0 Å². The summed E-state index contributed by atoms with van der Waals surface area (Å²) in [5.41, 5.74) is 4.17. The van der Waals surface area contributed by atoms with Gasteiger partial charge in [0.05, 0.1) is 26.0 Å². The zero-order chi connectivity index (χ0) is 29.5. The van der Waals surface area contributed by atoms with Gasteiger partial charge in [-0.25, -0.2) is 0 Å². The van der Waals surface area contributed by atoms with Crippen LogP contribution in [0.4, 0.5) is 17.4 Å². The summed E-state index contributed by atoms with van der Waals surface area (Å²) >= 11 is 0. The maximum Gasteiger partial charge on any atom is 0.305 e. The van der Waals surface area contributed by atoms with Crippen LogP contribution in [0.25, 0.3) is 11.1 Å². The second-order valence-corrected chi connectivity index (χ2v) is 9.38. The first kappa shape index (κ1) is 27.8. The fourth-order valence-electron chi connectivity index (χ4n) is 4.32. The lowest BCUT2D eigenvalue weighted by Crippen LogP contribution is -2.30. The lowest BCUT2D eigenvalue weighted by molar-refractivity contribution is -0.137. The minimum Gasteiger partial charge on any atom is -0.497 e. The molecule has 42 heavy (non-hydrogen) atoms. The largest absolute Gasteiger partial charge is 0.497 e. The average molecular weight is 566 g/mol. The van der Waals surface area contributed by atoms with E-state index in [0.717, 1.165) is 11.3 Å². The van der Waals surface area contributed by atoms with Crippen LogP contribution in [0.5, 0.6) is 5.75 Å². The fraction of sp³-hybridized carbons (Fsp3) is 0.129. The molecule has 212 valence electrons. The molecule has 0 aliphatic carbocycles. The average Bonchev–Trinajstić information content (AvgIpc) is 3.39. The number of amides is 2. The smallest absolute Gasteiger partial charge is 0.305 e. The molecule has 2 heterocycles. The summed E-state index contributed by atoms with van der Waals surface area (Å²) in [6, 6.07) is 22.1. The number of nitrogens with one attached hydrogen (secondary N) is 3. The highest BCUT2D eigenvalue weighted by Gasteiger charge is 2.19. The van der Waals surface area contributed by atoms with Gasteiger partial charge in [0, 0.05) is 35.4 Å². The van der Waals surface area contributed by atoms with Crippen LogP contribution in [-0.4, -0.2) is 40.0 Å². The monoisotopic (exact) mass is 565 g/mol. The highest BCUT2D eigenvalue weighted by atomic mass is 16.5. The van der Waals surface area contributed by atoms with Crippen molar-refractivity contribution in [2.75, 3.05) is 17.7 Å². The Balaban J connectivity index is 1.21. The third-order valence-corrected chi connectivity index (χ3v) is 6.36. The van der Waals surface area contributed by atoms with Gasteiger partial charge in [0.2, 0.25) is 5.91 Å². The van der Waals surface area contributed by atoms with E-state index in [1.165, 1.54) is 12.4 Å². The number of carbonyl (C=O) groups is 3. The van der Waals surface area contributed by atoms with E-state index in [2.05, 4.69) is 25.9 Å². The van der Waals surface area contributed by atoms with Crippen molar-refractivity contribution in [3.05, 3.63) is 108 Å². The molecule has 0 aliphatic rings. The number of carboxylic acid groups (broad SMARTS) is 1. The van der Waals surface area contributed by atoms with E-state index in [-0.39, 0.29) is 18.7 Å². The summed E-state index contributed by atoms with van der Waals surface area (Å²) in [4.78, 5) is 45.1. The van der Waals surface area contributed by atoms with Gasteiger partial charge in [-0.05, 0) is 59.7 Å². The van der Waals surface area contributed by atoms with Crippen LogP contribution in [0.2, 0.25) is 0 Å². The summed E-state index contributed by atoms with van der Waals surface area (Å²) in [6.07, 6.45) is 2.77. The van der Waals surface area contributed by atoms with Crippen LogP contribution < -0.4 is 20.7 Å². The number of benzene rings is 3. The van der Waals surface area contributed by atoms with Crippen molar-refractivity contribution in [1.82, 2.24) is 15.3 Å². The van der Waals surface area contributed by atoms with Crippen LogP contribution in [-0.2, 0) is 16.0 Å². The van der Waals surface area contributed by atoms with E-state index in [4.69, 9.17) is 9.15 Å². The van der Waals surface area contributed by atoms with Gasteiger partial charge in [-0.3, -0.25) is 19.4 Å². The molecule has 3 aromatic carbocycles. The molecule has 5 aromatic rings. The molecular formula is C31H27N5O6. The molecule has 0 aliphatic heterocycles. The summed E-state index contributed by atoms with van der Waals surface area (Å²) in [6.45, 7) is 0. The fourth-order valence-corrected chi connectivity index (χ4v) is 4.32. The minimum absolute atomic E-state index is 0.0979. The van der Waals surface area contributed by atoms with Crippen molar-refractivity contribution >= 4 is 46.3 Å². The number of anilines is 3. The number of carbonyl (C=O) groups excluding carboxylic acids is 2. The Hall–Kier alpha value is -5.71. The van der Waals surface area contributed by atoms with E-state index in [1.807, 2.05) is 30.3 Å². The Labute approximate surface area is 240 Å². The predicted octanol–water partition coefficient (Wildman–Crippen LogP) is 5.10. The molecular weight excluding hydrogens is 538 g/mol. The number of carboxylic acids is 1. The normalized spacial score (nSPS) is 11.5. The summed E-state index contributed by atoms with van der Waals surface area (Å²) in [5, 5.41) is 18.1. The second kappa shape index (κ2) is 12.6. The Morgan fingerprint density at radius 1 is 0.952 bits per heavy atom. The molecule has 5 rings (SSSR count). The molecule has 0 saturated carbocycles. The third-order valence-electron chi connectivity index (χ3n) is 6.36. The third kappa shape index (κ3) is 7.07. The molecule has 4 N–H and O–H groups in total. The van der Waals surface area contributed by atoms with Crippen molar-refractivity contribution in [3.8, 4) is 5.75 Å². The molecule has 0 spiro atoms.